The van der Waals surface area contributed by atoms with Crippen molar-refractivity contribution in [2.45, 2.75) is 45.2 Å². The molecule has 2 aromatic carbocycles. The molecule has 10 heteroatoms. The van der Waals surface area contributed by atoms with Crippen molar-refractivity contribution >= 4 is 45.7 Å². The van der Waals surface area contributed by atoms with Gasteiger partial charge >= 0.3 is 5.69 Å². The molecule has 3 heterocycles. The number of amides is 2. The van der Waals surface area contributed by atoms with Gasteiger partial charge in [0.15, 0.2) is 5.13 Å². The van der Waals surface area contributed by atoms with Crippen LogP contribution in [0.5, 0.6) is 0 Å². The minimum atomic E-state index is -0.866. The number of anilines is 1. The van der Waals surface area contributed by atoms with Gasteiger partial charge in [0.05, 0.1) is 11.0 Å². The van der Waals surface area contributed by atoms with E-state index in [1.165, 1.54) is 20.5 Å². The largest absolute Gasteiger partial charge is 0.336 e. The Kier molecular flexibility index (Phi) is 6.55. The number of para-hydroxylation sites is 2. The number of amidine groups is 1. The normalized spacial score (nSPS) is 18.5. The molecule has 2 aliphatic rings. The Morgan fingerprint density at radius 2 is 1.95 bits per heavy atom. The number of fused-ring (bicyclic) bond motifs is 2. The number of imidazole rings is 1. The van der Waals surface area contributed by atoms with Crippen molar-refractivity contribution in [3.8, 4) is 5.13 Å². The Bertz CT molecular complexity index is 1790. The Morgan fingerprint density at radius 1 is 1.15 bits per heavy atom. The molecule has 1 atom stereocenters. The fraction of sp³-hybridized carbons (Fsp3) is 0.233. The number of hydrogen-bond donors (Lipinski definition) is 2. The highest BCUT2D eigenvalue weighted by Gasteiger charge is 2.48. The first-order valence-electron chi connectivity index (χ1n) is 13.2. The minimum Gasteiger partial charge on any atom is -0.325 e. The third-order valence-electron chi connectivity index (χ3n) is 7.36. The number of benzene rings is 2. The van der Waals surface area contributed by atoms with E-state index in [9.17, 15) is 14.4 Å². The van der Waals surface area contributed by atoms with Crippen molar-refractivity contribution in [3.63, 3.8) is 0 Å². The van der Waals surface area contributed by atoms with Gasteiger partial charge in [-0.3, -0.25) is 19.1 Å². The average Bonchev–Trinajstić information content (AvgIpc) is 3.71. The van der Waals surface area contributed by atoms with E-state index in [2.05, 4.69) is 15.6 Å². The molecule has 2 aromatic heterocycles. The van der Waals surface area contributed by atoms with E-state index in [-0.39, 0.29) is 24.0 Å². The molecule has 9 nitrogen and oxygen atoms in total. The molecule has 40 heavy (non-hydrogen) atoms. The van der Waals surface area contributed by atoms with Crippen LogP contribution in [0, 0.1) is 0 Å². The van der Waals surface area contributed by atoms with Crippen LogP contribution < -0.4 is 16.3 Å². The number of nitrogens with one attached hydrogen (secondary N) is 2. The number of thiazole rings is 1. The monoisotopic (exact) mass is 552 g/mol. The maximum absolute atomic E-state index is 13.3. The fourth-order valence-electron chi connectivity index (χ4n) is 5.43. The third-order valence-corrected chi connectivity index (χ3v) is 8.12. The smallest absolute Gasteiger partial charge is 0.325 e. The second-order valence-corrected chi connectivity index (χ2v) is 10.8. The summed E-state index contributed by atoms with van der Waals surface area (Å²) < 4.78 is 2.99. The van der Waals surface area contributed by atoms with E-state index in [1.807, 2.05) is 79.9 Å². The molecule has 202 valence electrons. The molecule has 0 fully saturated rings. The first-order valence-corrected chi connectivity index (χ1v) is 14.1. The highest BCUT2D eigenvalue weighted by Crippen LogP contribution is 2.37. The zero-order chi connectivity index (χ0) is 27.9. The summed E-state index contributed by atoms with van der Waals surface area (Å²) in [5.41, 5.74) is 3.78. The second kappa shape index (κ2) is 10.2. The number of rotatable bonds is 7. The predicted molar refractivity (Wildman–Crippen MR) is 157 cm³/mol. The molecule has 2 N–H and O–H groups in total. The predicted octanol–water partition coefficient (Wildman–Crippen LogP) is 4.17. The molecule has 2 amide bonds. The van der Waals surface area contributed by atoms with Crippen molar-refractivity contribution in [3.05, 3.63) is 99.5 Å². The second-order valence-electron chi connectivity index (χ2n) is 9.91. The van der Waals surface area contributed by atoms with E-state index in [1.54, 1.807) is 6.20 Å². The molecule has 1 aliphatic carbocycles. The van der Waals surface area contributed by atoms with Gasteiger partial charge in [0, 0.05) is 30.1 Å². The topological polar surface area (TPSA) is 110 Å². The van der Waals surface area contributed by atoms with E-state index >= 15 is 0 Å². The molecule has 1 aliphatic heterocycles. The SMILES string of the molecule is C/C=C\C=C(/CC)C1=NC2(Cc3ccc(NC(=O)Cn4c(=O)n(-c5nccs5)c5ccccc54)cc3C2)C(=O)N1. The number of aromatic nitrogens is 3. The first kappa shape index (κ1) is 25.7. The molecule has 1 unspecified atom stereocenters. The molecule has 4 aromatic rings. The van der Waals surface area contributed by atoms with Gasteiger partial charge in [0.2, 0.25) is 5.91 Å². The van der Waals surface area contributed by atoms with Gasteiger partial charge in [-0.2, -0.15) is 0 Å². The van der Waals surface area contributed by atoms with Crippen LogP contribution in [0.3, 0.4) is 0 Å². The molecular formula is C30H28N6O3S. The van der Waals surface area contributed by atoms with Gasteiger partial charge in [0.1, 0.15) is 17.9 Å². The van der Waals surface area contributed by atoms with Crippen molar-refractivity contribution in [2.75, 3.05) is 5.32 Å². The lowest BCUT2D eigenvalue weighted by atomic mass is 9.97. The standard InChI is InChI=1S/C30H28N6O3S/c1-3-5-8-19(4-2)26-33-27(38)30(34-26)16-20-11-12-22(15-21(20)17-30)32-25(37)18-35-23-9-6-7-10-24(23)36(29(35)39)28-31-13-14-40-28/h3,5-15H,4,16-18H2,1-2H3,(H,32,37)(H,33,34,38)/b5-3-,19-8+. The molecular weight excluding hydrogens is 524 g/mol. The third kappa shape index (κ3) is 4.40. The summed E-state index contributed by atoms with van der Waals surface area (Å²) in [6.07, 6.45) is 9.25. The number of carbonyl (C=O) groups excluding carboxylic acids is 2. The summed E-state index contributed by atoms with van der Waals surface area (Å²) in [5.74, 6) is 0.215. The Labute approximate surface area is 234 Å². The molecule has 0 saturated heterocycles. The molecule has 0 radical (unpaired) electrons. The van der Waals surface area contributed by atoms with Crippen LogP contribution in [0.25, 0.3) is 16.2 Å². The fourth-order valence-corrected chi connectivity index (χ4v) is 6.08. The van der Waals surface area contributed by atoms with Crippen molar-refractivity contribution < 1.29 is 9.59 Å². The van der Waals surface area contributed by atoms with Crippen LogP contribution in [0.2, 0.25) is 0 Å². The van der Waals surface area contributed by atoms with Crippen LogP contribution in [-0.4, -0.2) is 37.3 Å². The number of carbonyl (C=O) groups is 2. The van der Waals surface area contributed by atoms with Gasteiger partial charge < -0.3 is 10.6 Å². The van der Waals surface area contributed by atoms with E-state index in [4.69, 9.17) is 4.99 Å². The maximum atomic E-state index is 13.3. The lowest BCUT2D eigenvalue weighted by Gasteiger charge is -2.14. The van der Waals surface area contributed by atoms with E-state index in [0.717, 1.165) is 23.1 Å². The van der Waals surface area contributed by atoms with E-state index < -0.39 is 5.54 Å². The highest BCUT2D eigenvalue weighted by atomic mass is 32.1. The molecule has 0 saturated carbocycles. The number of hydrogen-bond acceptors (Lipinski definition) is 6. The number of nitrogens with zero attached hydrogens (tertiary/aromatic N) is 4. The minimum absolute atomic E-state index is 0.0971. The van der Waals surface area contributed by atoms with Crippen LogP contribution in [-0.2, 0) is 29.0 Å². The van der Waals surface area contributed by atoms with Gasteiger partial charge in [-0.1, -0.05) is 43.4 Å². The summed E-state index contributed by atoms with van der Waals surface area (Å²) in [5, 5.41) is 8.28. The summed E-state index contributed by atoms with van der Waals surface area (Å²) in [7, 11) is 0. The Balaban J connectivity index is 1.22. The van der Waals surface area contributed by atoms with Crippen LogP contribution >= 0.6 is 11.3 Å². The summed E-state index contributed by atoms with van der Waals surface area (Å²) in [4.78, 5) is 48.7. The van der Waals surface area contributed by atoms with Crippen molar-refractivity contribution in [2.24, 2.45) is 4.99 Å². The van der Waals surface area contributed by atoms with Crippen molar-refractivity contribution in [1.29, 1.82) is 0 Å². The first-order chi connectivity index (χ1) is 19.4. The zero-order valence-electron chi connectivity index (χ0n) is 22.2. The van der Waals surface area contributed by atoms with Gasteiger partial charge in [0.25, 0.3) is 5.91 Å². The quantitative estimate of drug-likeness (QED) is 0.336. The lowest BCUT2D eigenvalue weighted by Crippen LogP contribution is -2.40. The average molecular weight is 553 g/mol. The summed E-state index contributed by atoms with van der Waals surface area (Å²) in [6, 6.07) is 13.0. The molecule has 6 rings (SSSR count). The zero-order valence-corrected chi connectivity index (χ0v) is 23.0. The molecule has 0 bridgehead atoms. The van der Waals surface area contributed by atoms with Gasteiger partial charge in [-0.05, 0) is 54.3 Å². The Hall–Kier alpha value is -4.57. The van der Waals surface area contributed by atoms with Gasteiger partial charge in [-0.15, -0.1) is 11.3 Å². The maximum Gasteiger partial charge on any atom is 0.336 e. The molecule has 1 spiro atoms. The van der Waals surface area contributed by atoms with E-state index in [0.29, 0.717) is 40.5 Å². The summed E-state index contributed by atoms with van der Waals surface area (Å²) in [6.45, 7) is 3.84. The van der Waals surface area contributed by atoms with Gasteiger partial charge in [-0.25, -0.2) is 14.3 Å². The highest BCUT2D eigenvalue weighted by molar-refractivity contribution is 7.12. The number of aliphatic imine (C=N–C) groups is 1. The Morgan fingerprint density at radius 3 is 2.70 bits per heavy atom. The van der Waals surface area contributed by atoms with Crippen LogP contribution in [0.4, 0.5) is 5.69 Å². The van der Waals surface area contributed by atoms with Crippen molar-refractivity contribution in [1.82, 2.24) is 19.4 Å². The lowest BCUT2D eigenvalue weighted by molar-refractivity contribution is -0.123. The van der Waals surface area contributed by atoms with Crippen LogP contribution in [0.1, 0.15) is 31.4 Å². The number of allylic oxidation sites excluding steroid dienone is 3. The summed E-state index contributed by atoms with van der Waals surface area (Å²) >= 11 is 1.36. The van der Waals surface area contributed by atoms with Crippen LogP contribution in [0.15, 0.2) is 87.6 Å².